The molecule has 1 aromatic heterocycles. The Kier molecular flexibility index (Phi) is 7.77. The lowest BCUT2D eigenvalue weighted by Gasteiger charge is -2.12. The van der Waals surface area contributed by atoms with Crippen molar-refractivity contribution in [3.8, 4) is 28.5 Å². The standard InChI is InChI=1S/C28H26N4O4/c1-34-24-15-19(16-25(35-2)28(24)36-3)9-14-27(33)32-22-12-10-21(11-13-22)31-26-17-23(29-18-30-26)20-7-5-4-6-8-20/h4-18H,1-3H3,(H,32,33)(H,29,30,31)/b14-9+. The average molecular weight is 483 g/mol. The van der Waals surface area contributed by atoms with Crippen LogP contribution < -0.4 is 24.8 Å². The van der Waals surface area contributed by atoms with Gasteiger partial charge in [0.15, 0.2) is 11.5 Å². The zero-order chi connectivity index (χ0) is 25.3. The highest BCUT2D eigenvalue weighted by molar-refractivity contribution is 6.02. The van der Waals surface area contributed by atoms with Gasteiger partial charge in [0, 0.05) is 29.1 Å². The third kappa shape index (κ3) is 5.98. The number of rotatable bonds is 9. The van der Waals surface area contributed by atoms with Crippen LogP contribution in [0, 0.1) is 0 Å². The maximum absolute atomic E-state index is 12.4. The maximum Gasteiger partial charge on any atom is 0.248 e. The first-order chi connectivity index (χ1) is 17.6. The number of hydrogen-bond acceptors (Lipinski definition) is 7. The molecule has 8 heteroatoms. The Morgan fingerprint density at radius 2 is 1.47 bits per heavy atom. The second-order valence-electron chi connectivity index (χ2n) is 7.64. The van der Waals surface area contributed by atoms with E-state index < -0.39 is 0 Å². The zero-order valence-electron chi connectivity index (χ0n) is 20.2. The molecule has 1 heterocycles. The van der Waals surface area contributed by atoms with Gasteiger partial charge in [-0.25, -0.2) is 9.97 Å². The molecule has 182 valence electrons. The number of aromatic nitrogens is 2. The van der Waals surface area contributed by atoms with Crippen LogP contribution >= 0.6 is 0 Å². The predicted octanol–water partition coefficient (Wildman–Crippen LogP) is 5.56. The minimum atomic E-state index is -0.271. The second-order valence-corrected chi connectivity index (χ2v) is 7.64. The van der Waals surface area contributed by atoms with Crippen LogP contribution in [0.5, 0.6) is 17.2 Å². The van der Waals surface area contributed by atoms with Gasteiger partial charge in [0.1, 0.15) is 12.1 Å². The number of hydrogen-bond donors (Lipinski definition) is 2. The van der Waals surface area contributed by atoms with E-state index in [1.807, 2.05) is 60.7 Å². The number of amides is 1. The highest BCUT2D eigenvalue weighted by atomic mass is 16.5. The average Bonchev–Trinajstić information content (AvgIpc) is 2.93. The first-order valence-corrected chi connectivity index (χ1v) is 11.1. The molecule has 0 saturated heterocycles. The van der Waals surface area contributed by atoms with Crippen molar-refractivity contribution in [3.05, 3.63) is 90.8 Å². The molecule has 0 radical (unpaired) electrons. The van der Waals surface area contributed by atoms with Crippen molar-refractivity contribution in [3.63, 3.8) is 0 Å². The maximum atomic E-state index is 12.4. The SMILES string of the molecule is COc1cc(/C=C/C(=O)Nc2ccc(Nc3cc(-c4ccccc4)ncn3)cc2)cc(OC)c1OC. The molecule has 0 atom stereocenters. The summed E-state index contributed by atoms with van der Waals surface area (Å²) in [5.74, 6) is 1.93. The van der Waals surface area contributed by atoms with Crippen LogP contribution in [-0.4, -0.2) is 37.2 Å². The third-order valence-corrected chi connectivity index (χ3v) is 5.28. The first kappa shape index (κ1) is 24.3. The monoisotopic (exact) mass is 482 g/mol. The van der Waals surface area contributed by atoms with Gasteiger partial charge in [0.2, 0.25) is 11.7 Å². The summed E-state index contributed by atoms with van der Waals surface area (Å²) in [5, 5.41) is 6.11. The van der Waals surface area contributed by atoms with E-state index in [-0.39, 0.29) is 5.91 Å². The van der Waals surface area contributed by atoms with Crippen molar-refractivity contribution in [2.75, 3.05) is 32.0 Å². The van der Waals surface area contributed by atoms with Crippen LogP contribution in [0.25, 0.3) is 17.3 Å². The third-order valence-electron chi connectivity index (χ3n) is 5.28. The quantitative estimate of drug-likeness (QED) is 0.301. The molecule has 36 heavy (non-hydrogen) atoms. The fourth-order valence-electron chi connectivity index (χ4n) is 3.53. The second kappa shape index (κ2) is 11.5. The molecule has 4 aromatic rings. The number of benzene rings is 3. The zero-order valence-corrected chi connectivity index (χ0v) is 20.2. The predicted molar refractivity (Wildman–Crippen MR) is 141 cm³/mol. The van der Waals surface area contributed by atoms with Gasteiger partial charge < -0.3 is 24.8 Å². The van der Waals surface area contributed by atoms with Gasteiger partial charge in [-0.15, -0.1) is 0 Å². The van der Waals surface area contributed by atoms with Gasteiger partial charge in [-0.1, -0.05) is 30.3 Å². The number of carbonyl (C=O) groups is 1. The van der Waals surface area contributed by atoms with Crippen LogP contribution in [0.15, 0.2) is 85.2 Å². The van der Waals surface area contributed by atoms with Crippen LogP contribution in [0.3, 0.4) is 0 Å². The molecule has 0 unspecified atom stereocenters. The topological polar surface area (TPSA) is 94.6 Å². The van der Waals surface area contributed by atoms with E-state index in [1.165, 1.54) is 12.4 Å². The summed E-state index contributed by atoms with van der Waals surface area (Å²) in [6.07, 6.45) is 4.65. The van der Waals surface area contributed by atoms with Crippen molar-refractivity contribution in [2.24, 2.45) is 0 Å². The Morgan fingerprint density at radius 3 is 2.11 bits per heavy atom. The van der Waals surface area contributed by atoms with E-state index in [0.717, 1.165) is 22.5 Å². The van der Waals surface area contributed by atoms with Gasteiger partial charge >= 0.3 is 0 Å². The highest BCUT2D eigenvalue weighted by Gasteiger charge is 2.12. The molecule has 0 bridgehead atoms. The van der Waals surface area contributed by atoms with Crippen molar-refractivity contribution >= 4 is 29.2 Å². The lowest BCUT2D eigenvalue weighted by atomic mass is 10.1. The summed E-state index contributed by atoms with van der Waals surface area (Å²) in [6, 6.07) is 22.7. The lowest BCUT2D eigenvalue weighted by molar-refractivity contribution is -0.111. The fraction of sp³-hybridized carbons (Fsp3) is 0.107. The van der Waals surface area contributed by atoms with Gasteiger partial charge in [-0.3, -0.25) is 4.79 Å². The van der Waals surface area contributed by atoms with Crippen LogP contribution in [0.2, 0.25) is 0 Å². The molecule has 1 amide bonds. The van der Waals surface area contributed by atoms with Gasteiger partial charge in [0.05, 0.1) is 27.0 Å². The Bertz CT molecular complexity index is 1330. The van der Waals surface area contributed by atoms with Crippen LogP contribution in [0.4, 0.5) is 17.2 Å². The molecule has 0 spiro atoms. The molecule has 0 aliphatic heterocycles. The van der Waals surface area contributed by atoms with Gasteiger partial charge in [-0.2, -0.15) is 0 Å². The molecular weight excluding hydrogens is 456 g/mol. The molecule has 0 aliphatic carbocycles. The van der Waals surface area contributed by atoms with E-state index in [2.05, 4.69) is 20.6 Å². The number of methoxy groups -OCH3 is 3. The van der Waals surface area contributed by atoms with E-state index >= 15 is 0 Å². The number of nitrogens with zero attached hydrogens (tertiary/aromatic N) is 2. The Morgan fingerprint density at radius 1 is 0.806 bits per heavy atom. The summed E-state index contributed by atoms with van der Waals surface area (Å²) >= 11 is 0. The Labute approximate surface area is 209 Å². The van der Waals surface area contributed by atoms with Crippen LogP contribution in [0.1, 0.15) is 5.56 Å². The first-order valence-electron chi connectivity index (χ1n) is 11.1. The fourth-order valence-corrected chi connectivity index (χ4v) is 3.53. The smallest absolute Gasteiger partial charge is 0.248 e. The van der Waals surface area contributed by atoms with Crippen LogP contribution in [-0.2, 0) is 4.79 Å². The van der Waals surface area contributed by atoms with E-state index in [1.54, 1.807) is 39.5 Å². The van der Waals surface area contributed by atoms with E-state index in [4.69, 9.17) is 14.2 Å². The van der Waals surface area contributed by atoms with Crippen molar-refractivity contribution in [1.82, 2.24) is 9.97 Å². The number of carbonyl (C=O) groups excluding carboxylic acids is 1. The minimum Gasteiger partial charge on any atom is -0.493 e. The Balaban J connectivity index is 1.39. The van der Waals surface area contributed by atoms with Crippen molar-refractivity contribution < 1.29 is 19.0 Å². The number of nitrogens with one attached hydrogen (secondary N) is 2. The molecule has 0 fully saturated rings. The van der Waals surface area contributed by atoms with Crippen molar-refractivity contribution in [2.45, 2.75) is 0 Å². The molecule has 2 N–H and O–H groups in total. The van der Waals surface area contributed by atoms with Gasteiger partial charge in [0.25, 0.3) is 0 Å². The van der Waals surface area contributed by atoms with E-state index in [0.29, 0.717) is 28.8 Å². The lowest BCUT2D eigenvalue weighted by Crippen LogP contribution is -2.07. The van der Waals surface area contributed by atoms with E-state index in [9.17, 15) is 4.79 Å². The molecule has 3 aromatic carbocycles. The highest BCUT2D eigenvalue weighted by Crippen LogP contribution is 2.38. The molecule has 8 nitrogen and oxygen atoms in total. The summed E-state index contributed by atoms with van der Waals surface area (Å²) < 4.78 is 16.0. The summed E-state index contributed by atoms with van der Waals surface area (Å²) in [5.41, 5.74) is 4.07. The number of anilines is 3. The number of ether oxygens (including phenoxy) is 3. The molecular formula is C28H26N4O4. The summed E-state index contributed by atoms with van der Waals surface area (Å²) in [4.78, 5) is 21.1. The van der Waals surface area contributed by atoms with Gasteiger partial charge in [-0.05, 0) is 48.0 Å². The molecule has 0 aliphatic rings. The Hall–Kier alpha value is -4.85. The summed E-state index contributed by atoms with van der Waals surface area (Å²) in [6.45, 7) is 0. The van der Waals surface area contributed by atoms with Crippen molar-refractivity contribution in [1.29, 1.82) is 0 Å². The largest absolute Gasteiger partial charge is 0.493 e. The molecule has 4 rings (SSSR count). The summed E-state index contributed by atoms with van der Waals surface area (Å²) in [7, 11) is 4.63. The molecule has 0 saturated carbocycles. The normalized spacial score (nSPS) is 10.6. The minimum absolute atomic E-state index is 0.271.